The third-order valence-electron chi connectivity index (χ3n) is 1.58. The second kappa shape index (κ2) is 9.50. The zero-order chi connectivity index (χ0) is 11.0. The van der Waals surface area contributed by atoms with Crippen LogP contribution in [0.1, 0.15) is 0 Å². The molecule has 0 aliphatic carbocycles. The number of hydrogen-bond acceptors (Lipinski definition) is 4. The average molecular weight is 240 g/mol. The lowest BCUT2D eigenvalue weighted by atomic mass is 10.4. The first kappa shape index (κ1) is 16.4. The van der Waals surface area contributed by atoms with Gasteiger partial charge in [-0.1, -0.05) is 0 Å². The normalized spacial score (nSPS) is 14.1. The molecular formula is C7H18ClN5O2. The number of ether oxygens (including phenoxy) is 1. The topological polar surface area (TPSA) is 118 Å². The van der Waals surface area contributed by atoms with Gasteiger partial charge in [-0.3, -0.25) is 16.1 Å². The van der Waals surface area contributed by atoms with E-state index in [9.17, 15) is 0 Å². The lowest BCUT2D eigenvalue weighted by molar-refractivity contribution is 0.0667. The Kier molecular flexibility index (Phi) is 10.4. The monoisotopic (exact) mass is 239 g/mol. The quantitative estimate of drug-likeness (QED) is 0.268. The van der Waals surface area contributed by atoms with E-state index in [4.69, 9.17) is 26.4 Å². The van der Waals surface area contributed by atoms with Crippen molar-refractivity contribution in [2.24, 2.45) is 5.73 Å². The Labute approximate surface area is 95.0 Å². The molecule has 1 rings (SSSR count). The van der Waals surface area contributed by atoms with Crippen LogP contribution < -0.4 is 11.1 Å². The molecule has 1 fully saturated rings. The van der Waals surface area contributed by atoms with Gasteiger partial charge in [-0.2, -0.15) is 0 Å². The lowest BCUT2D eigenvalue weighted by Crippen LogP contribution is -2.50. The van der Waals surface area contributed by atoms with Gasteiger partial charge in [-0.05, 0) is 0 Å². The highest BCUT2D eigenvalue weighted by Crippen LogP contribution is 1.95. The molecule has 0 saturated carbocycles. The minimum Gasteiger partial charge on any atom is -0.400 e. The zero-order valence-corrected chi connectivity index (χ0v) is 9.43. The molecule has 8 heteroatoms. The molecule has 0 aromatic heterocycles. The summed E-state index contributed by atoms with van der Waals surface area (Å²) in [6.07, 6.45) is 0. The third kappa shape index (κ3) is 6.95. The molecule has 0 aromatic carbocycles. The van der Waals surface area contributed by atoms with Crippen molar-refractivity contribution < 1.29 is 9.84 Å². The number of hydrogen-bond donors (Lipinski definition) is 5. The Bertz CT molecular complexity index is 196. The first-order chi connectivity index (χ1) is 6.70. The highest BCUT2D eigenvalue weighted by molar-refractivity contribution is 5.94. The van der Waals surface area contributed by atoms with E-state index >= 15 is 0 Å². The maximum atomic E-state index is 7.45. The lowest BCUT2D eigenvalue weighted by Gasteiger charge is -2.28. The fourth-order valence-corrected chi connectivity index (χ4v) is 0.994. The summed E-state index contributed by atoms with van der Waals surface area (Å²) in [6.45, 7) is 2.61. The number of nitrogens with zero attached hydrogens (tertiary/aromatic N) is 1. The van der Waals surface area contributed by atoms with Gasteiger partial charge in [0.15, 0.2) is 11.9 Å². The van der Waals surface area contributed by atoms with Gasteiger partial charge in [0.05, 0.1) is 13.2 Å². The number of aliphatic hydroxyl groups is 1. The Morgan fingerprint density at radius 1 is 1.33 bits per heavy atom. The predicted octanol–water partition coefficient (Wildman–Crippen LogP) is -1.23. The van der Waals surface area contributed by atoms with Crippen LogP contribution in [0, 0.1) is 10.8 Å². The molecule has 0 atom stereocenters. The molecule has 15 heavy (non-hydrogen) atoms. The summed E-state index contributed by atoms with van der Waals surface area (Å²) in [7, 11) is 1.00. The van der Waals surface area contributed by atoms with Gasteiger partial charge in [-0.15, -0.1) is 12.4 Å². The average Bonchev–Trinajstić information content (AvgIpc) is 2.21. The minimum atomic E-state index is -0.202. The first-order valence-corrected chi connectivity index (χ1v) is 4.17. The Hall–Kier alpha value is -1.05. The van der Waals surface area contributed by atoms with E-state index in [1.165, 1.54) is 0 Å². The van der Waals surface area contributed by atoms with E-state index in [0.29, 0.717) is 26.3 Å². The van der Waals surface area contributed by atoms with Crippen molar-refractivity contribution in [1.82, 2.24) is 10.2 Å². The van der Waals surface area contributed by atoms with Gasteiger partial charge in [0.2, 0.25) is 0 Å². The molecule has 0 unspecified atom stereocenters. The molecule has 0 amide bonds. The highest BCUT2D eigenvalue weighted by Gasteiger charge is 2.13. The Morgan fingerprint density at radius 3 is 2.20 bits per heavy atom. The summed E-state index contributed by atoms with van der Waals surface area (Å²) < 4.78 is 5.10. The smallest absolute Gasteiger partial charge is 0.198 e. The van der Waals surface area contributed by atoms with Crippen molar-refractivity contribution in [2.75, 3.05) is 33.4 Å². The number of morpholine rings is 1. The summed E-state index contributed by atoms with van der Waals surface area (Å²) in [5, 5.41) is 23.8. The number of nitrogens with two attached hydrogens (primary N) is 1. The Balaban J connectivity index is 0. The largest absolute Gasteiger partial charge is 0.400 e. The first-order valence-electron chi connectivity index (χ1n) is 4.17. The van der Waals surface area contributed by atoms with Gasteiger partial charge < -0.3 is 20.5 Å². The van der Waals surface area contributed by atoms with Gasteiger partial charge >= 0.3 is 0 Å². The summed E-state index contributed by atoms with van der Waals surface area (Å²) >= 11 is 0. The molecule has 1 aliphatic heterocycles. The third-order valence-corrected chi connectivity index (χ3v) is 1.58. The minimum absolute atomic E-state index is 0. The molecule has 0 spiro atoms. The maximum Gasteiger partial charge on any atom is 0.198 e. The van der Waals surface area contributed by atoms with Gasteiger partial charge in [0, 0.05) is 20.2 Å². The number of aliphatic hydroxyl groups excluding tert-OH is 1. The maximum absolute atomic E-state index is 7.45. The molecule has 1 saturated heterocycles. The number of guanidine groups is 2. The van der Waals surface area contributed by atoms with Crippen LogP contribution in [0.3, 0.4) is 0 Å². The van der Waals surface area contributed by atoms with Crippen LogP contribution in [0.4, 0.5) is 0 Å². The van der Waals surface area contributed by atoms with E-state index in [1.807, 2.05) is 0 Å². The standard InChI is InChI=1S/C6H13N5O.CH4O.ClH/c7-5(8)10-6(9)11-1-3-12-4-2-11;1-2;/h1-4H2,(H5,7,8,9,10);2H,1H3;1H. The van der Waals surface area contributed by atoms with E-state index in [2.05, 4.69) is 5.32 Å². The zero-order valence-electron chi connectivity index (χ0n) is 8.62. The van der Waals surface area contributed by atoms with Gasteiger partial charge in [0.1, 0.15) is 0 Å². The van der Waals surface area contributed by atoms with Crippen molar-refractivity contribution in [2.45, 2.75) is 0 Å². The SMILES string of the molecule is CO.Cl.N=C(N)NC(=N)N1CCOCC1. The van der Waals surface area contributed by atoms with Crippen molar-refractivity contribution in [1.29, 1.82) is 10.8 Å². The second-order valence-corrected chi connectivity index (χ2v) is 2.49. The number of rotatable bonds is 0. The molecule has 1 aliphatic rings. The molecule has 0 radical (unpaired) electrons. The van der Waals surface area contributed by atoms with Crippen LogP contribution >= 0.6 is 12.4 Å². The summed E-state index contributed by atoms with van der Waals surface area (Å²) in [6, 6.07) is 0. The van der Waals surface area contributed by atoms with E-state index in [-0.39, 0.29) is 24.3 Å². The molecule has 6 N–H and O–H groups in total. The molecule has 0 bridgehead atoms. The number of halogens is 1. The van der Waals surface area contributed by atoms with E-state index in [1.54, 1.807) is 4.90 Å². The van der Waals surface area contributed by atoms with E-state index < -0.39 is 0 Å². The highest BCUT2D eigenvalue weighted by atomic mass is 35.5. The fourth-order valence-electron chi connectivity index (χ4n) is 0.994. The molecule has 1 heterocycles. The predicted molar refractivity (Wildman–Crippen MR) is 60.6 cm³/mol. The van der Waals surface area contributed by atoms with Crippen molar-refractivity contribution in [3.63, 3.8) is 0 Å². The molecule has 7 nitrogen and oxygen atoms in total. The van der Waals surface area contributed by atoms with Crippen LogP contribution in [0.25, 0.3) is 0 Å². The van der Waals surface area contributed by atoms with Crippen LogP contribution in [0.2, 0.25) is 0 Å². The molecule has 0 aromatic rings. The summed E-state index contributed by atoms with van der Waals surface area (Å²) in [5.41, 5.74) is 5.07. The van der Waals surface area contributed by atoms with Crippen molar-refractivity contribution in [3.8, 4) is 0 Å². The second-order valence-electron chi connectivity index (χ2n) is 2.49. The summed E-state index contributed by atoms with van der Waals surface area (Å²) in [4.78, 5) is 1.78. The number of nitrogens with one attached hydrogen (secondary N) is 3. The van der Waals surface area contributed by atoms with Gasteiger partial charge in [0.25, 0.3) is 0 Å². The van der Waals surface area contributed by atoms with Crippen LogP contribution in [0.15, 0.2) is 0 Å². The molecular weight excluding hydrogens is 222 g/mol. The fraction of sp³-hybridized carbons (Fsp3) is 0.714. The van der Waals surface area contributed by atoms with Crippen molar-refractivity contribution in [3.05, 3.63) is 0 Å². The van der Waals surface area contributed by atoms with Crippen molar-refractivity contribution >= 4 is 24.3 Å². The van der Waals surface area contributed by atoms with Gasteiger partial charge in [-0.25, -0.2) is 0 Å². The summed E-state index contributed by atoms with van der Waals surface area (Å²) in [5.74, 6) is -0.0303. The van der Waals surface area contributed by atoms with Crippen LogP contribution in [-0.4, -0.2) is 55.3 Å². The van der Waals surface area contributed by atoms with E-state index in [0.717, 1.165) is 7.11 Å². The van der Waals surface area contributed by atoms with Crippen LogP contribution in [-0.2, 0) is 4.74 Å². The van der Waals surface area contributed by atoms with Crippen LogP contribution in [0.5, 0.6) is 0 Å². The molecule has 90 valence electrons. The Morgan fingerprint density at radius 2 is 1.80 bits per heavy atom.